The minimum Gasteiger partial charge on any atom is -0.337 e. The molecule has 0 saturated heterocycles. The summed E-state index contributed by atoms with van der Waals surface area (Å²) in [6, 6.07) is 0. The van der Waals surface area contributed by atoms with E-state index < -0.39 is 0 Å². The molecular weight excluding hydrogens is 180 g/mol. The Morgan fingerprint density at radius 2 is 2.38 bits per heavy atom. The van der Waals surface area contributed by atoms with Gasteiger partial charge in [-0.15, -0.1) is 0 Å². The van der Waals surface area contributed by atoms with E-state index in [9.17, 15) is 0 Å². The van der Waals surface area contributed by atoms with Crippen molar-refractivity contribution < 1.29 is 0 Å². The predicted molar refractivity (Wildman–Crippen MR) is 56.3 cm³/mol. The zero-order chi connectivity index (χ0) is 9.26. The molecule has 1 aliphatic carbocycles. The van der Waals surface area contributed by atoms with Crippen LogP contribution in [0.5, 0.6) is 0 Å². The maximum absolute atomic E-state index is 5.24. The van der Waals surface area contributed by atoms with Crippen LogP contribution in [0, 0.1) is 10.7 Å². The van der Waals surface area contributed by atoms with Gasteiger partial charge < -0.3 is 9.55 Å². The molecule has 0 amide bonds. The molecule has 0 aliphatic heterocycles. The van der Waals surface area contributed by atoms with Gasteiger partial charge in [0.05, 0.1) is 0 Å². The molecule has 3 heteroatoms. The van der Waals surface area contributed by atoms with E-state index in [1.165, 1.54) is 25.0 Å². The predicted octanol–water partition coefficient (Wildman–Crippen LogP) is 2.91. The van der Waals surface area contributed by atoms with Gasteiger partial charge >= 0.3 is 0 Å². The molecule has 0 atom stereocenters. The van der Waals surface area contributed by atoms with Crippen LogP contribution in [0.3, 0.4) is 0 Å². The van der Waals surface area contributed by atoms with E-state index in [4.69, 9.17) is 12.2 Å². The Kier molecular flexibility index (Phi) is 2.54. The molecule has 1 N–H and O–H groups in total. The molecule has 0 bridgehead atoms. The van der Waals surface area contributed by atoms with Gasteiger partial charge in [0.1, 0.15) is 0 Å². The Morgan fingerprint density at radius 3 is 2.92 bits per heavy atom. The minimum absolute atomic E-state index is 0.882. The van der Waals surface area contributed by atoms with Crippen molar-refractivity contribution in [3.63, 3.8) is 0 Å². The Balaban J connectivity index is 2.16. The molecule has 1 fully saturated rings. The first-order valence-corrected chi connectivity index (χ1v) is 5.49. The first-order valence-electron chi connectivity index (χ1n) is 5.08. The van der Waals surface area contributed by atoms with E-state index in [0.29, 0.717) is 0 Å². The number of hydrogen-bond acceptors (Lipinski definition) is 1. The third-order valence-corrected chi connectivity index (χ3v) is 3.32. The highest BCUT2D eigenvalue weighted by Crippen LogP contribution is 2.28. The fourth-order valence-electron chi connectivity index (χ4n) is 1.86. The second-order valence-corrected chi connectivity index (χ2v) is 4.23. The summed E-state index contributed by atoms with van der Waals surface area (Å²) >= 11 is 5.24. The summed E-state index contributed by atoms with van der Waals surface area (Å²) in [6.45, 7) is 3.31. The van der Waals surface area contributed by atoms with Crippen molar-refractivity contribution in [2.24, 2.45) is 5.92 Å². The van der Waals surface area contributed by atoms with E-state index in [2.05, 4.69) is 16.5 Å². The highest BCUT2D eigenvalue weighted by atomic mass is 32.1. The number of rotatable bonds is 3. The van der Waals surface area contributed by atoms with Crippen LogP contribution in [0.25, 0.3) is 0 Å². The molecule has 1 aromatic heterocycles. The quantitative estimate of drug-likeness (QED) is 0.737. The van der Waals surface area contributed by atoms with Gasteiger partial charge in [0.15, 0.2) is 4.77 Å². The number of nitrogens with one attached hydrogen (secondary N) is 1. The van der Waals surface area contributed by atoms with Crippen LogP contribution in [-0.2, 0) is 13.0 Å². The van der Waals surface area contributed by atoms with E-state index in [-0.39, 0.29) is 0 Å². The molecule has 1 saturated carbocycles. The van der Waals surface area contributed by atoms with Gasteiger partial charge in [-0.1, -0.05) is 13.3 Å². The smallest absolute Gasteiger partial charge is 0.177 e. The van der Waals surface area contributed by atoms with Crippen LogP contribution in [0.1, 0.15) is 31.9 Å². The summed E-state index contributed by atoms with van der Waals surface area (Å²) in [7, 11) is 0. The number of hydrogen-bond donors (Lipinski definition) is 1. The number of aromatic amines is 1. The molecule has 2 nitrogen and oxygen atoms in total. The molecule has 72 valence electrons. The number of aryl methyl sites for hydroxylation is 1. The standard InChI is InChI=1S/C10H16N2S/c1-2-9-6-11-10(13)12(9)7-8-4-3-5-8/h6,8H,2-5,7H2,1H3,(H,11,13). The van der Waals surface area contributed by atoms with Gasteiger partial charge in [0.25, 0.3) is 0 Å². The van der Waals surface area contributed by atoms with E-state index in [1.807, 2.05) is 6.20 Å². The molecular formula is C10H16N2S. The topological polar surface area (TPSA) is 20.7 Å². The summed E-state index contributed by atoms with van der Waals surface area (Å²) in [5.74, 6) is 0.882. The lowest BCUT2D eigenvalue weighted by Crippen LogP contribution is -2.19. The summed E-state index contributed by atoms with van der Waals surface area (Å²) in [5, 5.41) is 0. The van der Waals surface area contributed by atoms with Crippen LogP contribution < -0.4 is 0 Å². The SMILES string of the molecule is CCc1c[nH]c(=S)n1CC1CCC1. The summed E-state index contributed by atoms with van der Waals surface area (Å²) in [5.41, 5.74) is 1.34. The van der Waals surface area contributed by atoms with E-state index in [1.54, 1.807) is 0 Å². The van der Waals surface area contributed by atoms with Gasteiger partial charge in [0, 0.05) is 18.4 Å². The van der Waals surface area contributed by atoms with Crippen LogP contribution >= 0.6 is 12.2 Å². The van der Waals surface area contributed by atoms with Gasteiger partial charge in [-0.05, 0) is 37.4 Å². The van der Waals surface area contributed by atoms with Crippen molar-refractivity contribution in [2.75, 3.05) is 0 Å². The van der Waals surface area contributed by atoms with Crippen molar-refractivity contribution in [1.82, 2.24) is 9.55 Å². The lowest BCUT2D eigenvalue weighted by atomic mass is 9.85. The molecule has 1 aromatic rings. The van der Waals surface area contributed by atoms with E-state index >= 15 is 0 Å². The average Bonchev–Trinajstić information content (AvgIpc) is 2.39. The Labute approximate surface area is 84.0 Å². The maximum Gasteiger partial charge on any atom is 0.177 e. The molecule has 13 heavy (non-hydrogen) atoms. The van der Waals surface area contributed by atoms with Gasteiger partial charge in [-0.25, -0.2) is 0 Å². The van der Waals surface area contributed by atoms with E-state index in [0.717, 1.165) is 23.7 Å². The van der Waals surface area contributed by atoms with Gasteiger partial charge in [-0.2, -0.15) is 0 Å². The second kappa shape index (κ2) is 3.66. The normalized spacial score (nSPS) is 17.3. The summed E-state index contributed by atoms with van der Waals surface area (Å²) in [4.78, 5) is 3.12. The Bertz CT molecular complexity index is 333. The largest absolute Gasteiger partial charge is 0.337 e. The van der Waals surface area contributed by atoms with Crippen molar-refractivity contribution in [1.29, 1.82) is 0 Å². The van der Waals surface area contributed by atoms with Crippen molar-refractivity contribution in [3.05, 3.63) is 16.7 Å². The third-order valence-electron chi connectivity index (χ3n) is 2.98. The van der Waals surface area contributed by atoms with Crippen molar-refractivity contribution in [2.45, 2.75) is 39.2 Å². The summed E-state index contributed by atoms with van der Waals surface area (Å²) in [6.07, 6.45) is 7.29. The lowest BCUT2D eigenvalue weighted by molar-refractivity contribution is 0.273. The monoisotopic (exact) mass is 196 g/mol. The molecule has 0 spiro atoms. The second-order valence-electron chi connectivity index (χ2n) is 3.85. The highest BCUT2D eigenvalue weighted by molar-refractivity contribution is 7.71. The number of H-pyrrole nitrogens is 1. The Hall–Kier alpha value is -0.570. The third kappa shape index (κ3) is 1.70. The molecule has 1 aliphatic rings. The highest BCUT2D eigenvalue weighted by Gasteiger charge is 2.18. The zero-order valence-corrected chi connectivity index (χ0v) is 8.86. The molecule has 0 aromatic carbocycles. The first kappa shape index (κ1) is 9.00. The Morgan fingerprint density at radius 1 is 1.62 bits per heavy atom. The molecule has 0 unspecified atom stereocenters. The van der Waals surface area contributed by atoms with Crippen molar-refractivity contribution >= 4 is 12.2 Å². The van der Waals surface area contributed by atoms with Crippen LogP contribution in [-0.4, -0.2) is 9.55 Å². The first-order chi connectivity index (χ1) is 6.31. The number of imidazole rings is 1. The van der Waals surface area contributed by atoms with Crippen LogP contribution in [0.2, 0.25) is 0 Å². The average molecular weight is 196 g/mol. The fourth-order valence-corrected chi connectivity index (χ4v) is 2.11. The van der Waals surface area contributed by atoms with Gasteiger partial charge in [-0.3, -0.25) is 0 Å². The van der Waals surface area contributed by atoms with Crippen molar-refractivity contribution in [3.8, 4) is 0 Å². The van der Waals surface area contributed by atoms with Crippen LogP contribution in [0.15, 0.2) is 6.20 Å². The van der Waals surface area contributed by atoms with Crippen LogP contribution in [0.4, 0.5) is 0 Å². The van der Waals surface area contributed by atoms with Gasteiger partial charge in [0.2, 0.25) is 0 Å². The number of nitrogens with zero attached hydrogens (tertiary/aromatic N) is 1. The molecule has 2 rings (SSSR count). The number of aromatic nitrogens is 2. The molecule has 1 heterocycles. The molecule has 0 radical (unpaired) electrons. The summed E-state index contributed by atoms with van der Waals surface area (Å²) < 4.78 is 3.16. The maximum atomic E-state index is 5.24. The minimum atomic E-state index is 0.882. The zero-order valence-electron chi connectivity index (χ0n) is 8.05. The fraction of sp³-hybridized carbons (Fsp3) is 0.700. The lowest BCUT2D eigenvalue weighted by Gasteiger charge is -2.26.